The molecule has 0 spiro atoms. The Balaban J connectivity index is 0.00000625. The number of guanidine groups is 1. The van der Waals surface area contributed by atoms with Crippen LogP contribution >= 0.6 is 24.0 Å². The molecule has 0 bridgehead atoms. The van der Waals surface area contributed by atoms with Gasteiger partial charge in [0.05, 0.1) is 6.54 Å². The maximum absolute atomic E-state index is 11.9. The highest BCUT2D eigenvalue weighted by Gasteiger charge is 2.25. The van der Waals surface area contributed by atoms with E-state index in [0.717, 1.165) is 12.5 Å². The summed E-state index contributed by atoms with van der Waals surface area (Å²) in [5.41, 5.74) is -0.218. The molecule has 1 rings (SSSR count). The van der Waals surface area contributed by atoms with Gasteiger partial charge in [0.2, 0.25) is 5.91 Å². The fourth-order valence-corrected chi connectivity index (χ4v) is 3.19. The second kappa shape index (κ2) is 12.0. The van der Waals surface area contributed by atoms with E-state index in [2.05, 4.69) is 46.6 Å². The lowest BCUT2D eigenvalue weighted by molar-refractivity contribution is -0.121. The molecule has 1 heterocycles. The van der Waals surface area contributed by atoms with Crippen molar-refractivity contribution in [3.8, 4) is 0 Å². The number of halogens is 1. The van der Waals surface area contributed by atoms with Crippen LogP contribution in [0.15, 0.2) is 4.99 Å². The van der Waals surface area contributed by atoms with Gasteiger partial charge in [-0.1, -0.05) is 20.8 Å². The third-order valence-corrected chi connectivity index (χ3v) is 4.69. The third-order valence-electron chi connectivity index (χ3n) is 4.69. The van der Waals surface area contributed by atoms with Gasteiger partial charge in [0, 0.05) is 25.2 Å². The Morgan fingerprint density at radius 3 is 2.23 bits per heavy atom. The van der Waals surface area contributed by atoms with Crippen LogP contribution in [0.5, 0.6) is 0 Å². The summed E-state index contributed by atoms with van der Waals surface area (Å²) in [6, 6.07) is 0.481. The van der Waals surface area contributed by atoms with E-state index in [0.29, 0.717) is 17.9 Å². The highest BCUT2D eigenvalue weighted by molar-refractivity contribution is 14.0. The van der Waals surface area contributed by atoms with E-state index in [-0.39, 0.29) is 42.0 Å². The number of piperidine rings is 1. The standard InChI is InChI=1S/C19H39N5O.HI/c1-14(2)16(24-10-8-15(3)9-11-24)12-21-18(20-7)22-13-17(25)23-19(4,5)6;/h14-16H,8-13H2,1-7H3,(H,23,25)(H2,20,21,22);1H. The Morgan fingerprint density at radius 1 is 1.19 bits per heavy atom. The zero-order chi connectivity index (χ0) is 19.0. The van der Waals surface area contributed by atoms with Crippen LogP contribution in [0.3, 0.4) is 0 Å². The summed E-state index contributed by atoms with van der Waals surface area (Å²) in [5, 5.41) is 9.44. The van der Waals surface area contributed by atoms with Gasteiger partial charge in [-0.15, -0.1) is 24.0 Å². The van der Waals surface area contributed by atoms with E-state index >= 15 is 0 Å². The van der Waals surface area contributed by atoms with Crippen LogP contribution in [0, 0.1) is 11.8 Å². The van der Waals surface area contributed by atoms with Crippen molar-refractivity contribution in [2.45, 2.75) is 66.0 Å². The second-order valence-electron chi connectivity index (χ2n) is 8.63. The molecule has 7 heteroatoms. The van der Waals surface area contributed by atoms with Crippen molar-refractivity contribution in [1.82, 2.24) is 20.9 Å². The predicted molar refractivity (Wildman–Crippen MR) is 121 cm³/mol. The summed E-state index contributed by atoms with van der Waals surface area (Å²) < 4.78 is 0. The van der Waals surface area contributed by atoms with Crippen LogP contribution in [-0.2, 0) is 4.79 Å². The van der Waals surface area contributed by atoms with Gasteiger partial charge in [0.25, 0.3) is 0 Å². The van der Waals surface area contributed by atoms with Gasteiger partial charge in [0.1, 0.15) is 0 Å². The maximum atomic E-state index is 11.9. The van der Waals surface area contributed by atoms with Gasteiger partial charge in [0.15, 0.2) is 5.96 Å². The number of aliphatic imine (C=N–C) groups is 1. The number of likely N-dealkylation sites (tertiary alicyclic amines) is 1. The summed E-state index contributed by atoms with van der Waals surface area (Å²) >= 11 is 0. The first-order valence-electron chi connectivity index (χ1n) is 9.62. The number of amides is 1. The molecule has 154 valence electrons. The zero-order valence-corrected chi connectivity index (χ0v) is 20.0. The number of hydrogen-bond acceptors (Lipinski definition) is 3. The molecule has 1 amide bonds. The number of nitrogens with one attached hydrogen (secondary N) is 3. The number of hydrogen-bond donors (Lipinski definition) is 3. The number of nitrogens with zero attached hydrogens (tertiary/aromatic N) is 2. The van der Waals surface area contributed by atoms with Crippen molar-refractivity contribution in [1.29, 1.82) is 0 Å². The lowest BCUT2D eigenvalue weighted by Crippen LogP contribution is -2.53. The highest BCUT2D eigenvalue weighted by atomic mass is 127. The first kappa shape index (κ1) is 25.4. The highest BCUT2D eigenvalue weighted by Crippen LogP contribution is 2.20. The van der Waals surface area contributed by atoms with E-state index < -0.39 is 0 Å². The minimum absolute atomic E-state index is 0. The SMILES string of the molecule is CN=C(NCC(=O)NC(C)(C)C)NCC(C(C)C)N1CCC(C)CC1.I. The summed E-state index contributed by atoms with van der Waals surface area (Å²) in [4.78, 5) is 18.8. The van der Waals surface area contributed by atoms with E-state index in [1.165, 1.54) is 25.9 Å². The van der Waals surface area contributed by atoms with Crippen LogP contribution in [0.1, 0.15) is 54.4 Å². The molecule has 0 saturated carbocycles. The van der Waals surface area contributed by atoms with Crippen LogP contribution < -0.4 is 16.0 Å². The summed E-state index contributed by atoms with van der Waals surface area (Å²) in [6.07, 6.45) is 2.56. The number of carbonyl (C=O) groups is 1. The molecule has 0 aromatic rings. The molecule has 1 aliphatic heterocycles. The average molecular weight is 481 g/mol. The molecular weight excluding hydrogens is 441 g/mol. The second-order valence-corrected chi connectivity index (χ2v) is 8.63. The molecule has 6 nitrogen and oxygen atoms in total. The van der Waals surface area contributed by atoms with Crippen LogP contribution in [-0.4, -0.2) is 61.6 Å². The quantitative estimate of drug-likeness (QED) is 0.310. The molecular formula is C19H40IN5O. The Labute approximate surface area is 177 Å². The van der Waals surface area contributed by atoms with Crippen molar-refractivity contribution in [2.75, 3.05) is 33.2 Å². The van der Waals surface area contributed by atoms with E-state index in [1.807, 2.05) is 20.8 Å². The molecule has 1 aliphatic rings. The van der Waals surface area contributed by atoms with Crippen LogP contribution in [0.2, 0.25) is 0 Å². The normalized spacial score (nSPS) is 18.2. The van der Waals surface area contributed by atoms with Gasteiger partial charge in [-0.3, -0.25) is 14.7 Å². The Hall–Kier alpha value is -0.570. The van der Waals surface area contributed by atoms with Crippen LogP contribution in [0.25, 0.3) is 0 Å². The van der Waals surface area contributed by atoms with Gasteiger partial charge in [-0.05, 0) is 58.5 Å². The molecule has 1 atom stereocenters. The molecule has 1 fully saturated rings. The minimum atomic E-state index is -0.218. The summed E-state index contributed by atoms with van der Waals surface area (Å²) in [6.45, 7) is 16.2. The smallest absolute Gasteiger partial charge is 0.239 e. The monoisotopic (exact) mass is 481 g/mol. The molecule has 0 radical (unpaired) electrons. The van der Waals surface area contributed by atoms with Gasteiger partial charge in [-0.2, -0.15) is 0 Å². The molecule has 0 aromatic heterocycles. The lowest BCUT2D eigenvalue weighted by Gasteiger charge is -2.39. The fourth-order valence-electron chi connectivity index (χ4n) is 3.19. The van der Waals surface area contributed by atoms with Crippen molar-refractivity contribution in [3.63, 3.8) is 0 Å². The Bertz CT molecular complexity index is 440. The summed E-state index contributed by atoms with van der Waals surface area (Å²) in [5.74, 6) is 2.07. The van der Waals surface area contributed by atoms with Crippen molar-refractivity contribution >= 4 is 35.8 Å². The molecule has 1 saturated heterocycles. The Morgan fingerprint density at radius 2 is 1.77 bits per heavy atom. The van der Waals surface area contributed by atoms with E-state index in [4.69, 9.17) is 0 Å². The van der Waals surface area contributed by atoms with Crippen molar-refractivity contribution in [2.24, 2.45) is 16.8 Å². The summed E-state index contributed by atoms with van der Waals surface area (Å²) in [7, 11) is 1.74. The molecule has 1 unspecified atom stereocenters. The average Bonchev–Trinajstić information content (AvgIpc) is 2.50. The Kier molecular flexibility index (Phi) is 11.7. The van der Waals surface area contributed by atoms with Crippen LogP contribution in [0.4, 0.5) is 0 Å². The predicted octanol–water partition coefficient (Wildman–Crippen LogP) is 2.44. The molecule has 3 N–H and O–H groups in total. The molecule has 0 aromatic carbocycles. The lowest BCUT2D eigenvalue weighted by atomic mass is 9.94. The van der Waals surface area contributed by atoms with Gasteiger partial charge >= 0.3 is 0 Å². The minimum Gasteiger partial charge on any atom is -0.355 e. The number of carbonyl (C=O) groups excluding carboxylic acids is 1. The van der Waals surface area contributed by atoms with E-state index in [1.54, 1.807) is 7.05 Å². The maximum Gasteiger partial charge on any atom is 0.239 e. The van der Waals surface area contributed by atoms with E-state index in [9.17, 15) is 4.79 Å². The largest absolute Gasteiger partial charge is 0.355 e. The fraction of sp³-hybridized carbons (Fsp3) is 0.895. The number of rotatable bonds is 6. The zero-order valence-electron chi connectivity index (χ0n) is 17.7. The third kappa shape index (κ3) is 9.94. The topological polar surface area (TPSA) is 68.8 Å². The van der Waals surface area contributed by atoms with Crippen molar-refractivity contribution < 1.29 is 4.79 Å². The first-order valence-corrected chi connectivity index (χ1v) is 9.62. The van der Waals surface area contributed by atoms with Crippen molar-refractivity contribution in [3.05, 3.63) is 0 Å². The van der Waals surface area contributed by atoms with Gasteiger partial charge < -0.3 is 16.0 Å². The molecule has 26 heavy (non-hydrogen) atoms. The molecule has 0 aliphatic carbocycles. The first-order chi connectivity index (χ1) is 11.6. The van der Waals surface area contributed by atoms with Gasteiger partial charge in [-0.25, -0.2) is 0 Å².